The number of hydrogen-bond donors (Lipinski definition) is 0. The van der Waals surface area contributed by atoms with Crippen LogP contribution in [0, 0.1) is 0 Å². The summed E-state index contributed by atoms with van der Waals surface area (Å²) in [5.74, 6) is 0. The van der Waals surface area contributed by atoms with Gasteiger partial charge in [0.2, 0.25) is 0 Å². The molecular formula is C144H94N6. The van der Waals surface area contributed by atoms with Gasteiger partial charge in [0.15, 0.2) is 0 Å². The van der Waals surface area contributed by atoms with E-state index in [9.17, 15) is 0 Å². The molecule has 6 heterocycles. The van der Waals surface area contributed by atoms with Crippen LogP contribution >= 0.6 is 0 Å². The minimum absolute atomic E-state index is 1.15. The van der Waals surface area contributed by atoms with Gasteiger partial charge in [0.05, 0.1) is 83.3 Å². The van der Waals surface area contributed by atoms with E-state index in [1.165, 1.54) is 264 Å². The molecule has 0 unspecified atom stereocenters. The molecule has 31 aromatic rings. The summed E-state index contributed by atoms with van der Waals surface area (Å²) >= 11 is 0. The Bertz CT molecular complexity index is 10800. The number of hydrogen-bond acceptors (Lipinski definition) is 0. The van der Waals surface area contributed by atoms with E-state index < -0.39 is 0 Å². The number of nitrogens with zero attached hydrogens (tertiary/aromatic N) is 6. The first kappa shape index (κ1) is 86.7. The van der Waals surface area contributed by atoms with Gasteiger partial charge in [-0.15, -0.1) is 0 Å². The Labute approximate surface area is 866 Å². The number of rotatable bonds is 13. The Morgan fingerprint density at radius 2 is 0.280 bits per heavy atom. The number of benzene rings is 25. The highest BCUT2D eigenvalue weighted by atomic mass is 15.0. The fraction of sp³-hybridized carbons (Fsp3) is 0. The zero-order valence-corrected chi connectivity index (χ0v) is 82.0. The van der Waals surface area contributed by atoms with Gasteiger partial charge in [-0.25, -0.2) is 0 Å². The Morgan fingerprint density at radius 1 is 0.0867 bits per heavy atom. The first-order valence-electron chi connectivity index (χ1n) is 51.6. The molecule has 0 N–H and O–H groups in total. The van der Waals surface area contributed by atoms with E-state index in [-0.39, 0.29) is 0 Å². The second-order valence-electron chi connectivity index (χ2n) is 39.3. The maximum atomic E-state index is 2.45. The molecule has 6 nitrogen and oxygen atoms in total. The standard InChI is InChI=1S/2C52H34N2.C40H26N2/c1-2-12-35(13-3-1)36-24-26-37(27-25-36)39-16-10-17-42(32-39)53-49-21-8-6-19-44(49)46-30-28-40(33-51(46)53)41-29-31-47-45-20-7-9-22-50(45)54(52(47)34-41)48-23-11-15-38-14-4-5-18-43(38)48;1-2-11-35(12-3-1)36-21-23-37(24-22-36)38-25-29-42(30-26-38)53-49-18-8-6-16-44(49)46-31-27-40(33-51(46)53)41-28-32-47-45-17-7-9-19-50(45)54(52(47)34-41)48-20-10-14-39-13-4-5-15-43(39)48;1-2-13-30(14-3-1)41-37-18-8-6-16-32(37)34-25-28(21-23-39(34)41)29-22-24-40-35(26-29)33-17-7-9-19-38(33)42(40)36-20-10-12-27-11-4-5-15-31(27)36/h2*1-34H;1-26H. The highest BCUT2D eigenvalue weighted by Gasteiger charge is 2.25. The lowest BCUT2D eigenvalue weighted by Crippen LogP contribution is -1.96. The summed E-state index contributed by atoms with van der Waals surface area (Å²) in [5.41, 5.74) is 38.6. The quantitative estimate of drug-likeness (QED) is 0.110. The molecule has 700 valence electrons. The molecule has 0 aliphatic carbocycles. The molecule has 25 aromatic carbocycles. The molecule has 0 bridgehead atoms. The summed E-state index contributed by atoms with van der Waals surface area (Å²) in [6.45, 7) is 0. The van der Waals surface area contributed by atoms with Crippen LogP contribution in [0.3, 0.4) is 0 Å². The van der Waals surface area contributed by atoms with Crippen LogP contribution in [0.4, 0.5) is 0 Å². The van der Waals surface area contributed by atoms with E-state index >= 15 is 0 Å². The summed E-state index contributed by atoms with van der Waals surface area (Å²) in [6.07, 6.45) is 0. The molecule has 6 aromatic heterocycles. The van der Waals surface area contributed by atoms with Crippen molar-refractivity contribution < 1.29 is 0 Å². The number of para-hydroxylation sites is 7. The van der Waals surface area contributed by atoms with E-state index in [0.29, 0.717) is 0 Å². The van der Waals surface area contributed by atoms with Crippen molar-refractivity contribution in [3.63, 3.8) is 0 Å². The van der Waals surface area contributed by atoms with Crippen LogP contribution in [0.15, 0.2) is 570 Å². The van der Waals surface area contributed by atoms with E-state index in [0.717, 1.165) is 11.4 Å². The van der Waals surface area contributed by atoms with Crippen LogP contribution in [0.5, 0.6) is 0 Å². The van der Waals surface area contributed by atoms with Crippen molar-refractivity contribution in [1.82, 2.24) is 27.4 Å². The zero-order chi connectivity index (χ0) is 98.8. The van der Waals surface area contributed by atoms with Gasteiger partial charge in [0.25, 0.3) is 0 Å². The lowest BCUT2D eigenvalue weighted by Gasteiger charge is -2.13. The second kappa shape index (κ2) is 36.1. The smallest absolute Gasteiger partial charge is 0.0547 e. The second-order valence-corrected chi connectivity index (χ2v) is 39.3. The summed E-state index contributed by atoms with van der Waals surface area (Å²) in [4.78, 5) is 0. The van der Waals surface area contributed by atoms with Crippen molar-refractivity contribution in [2.45, 2.75) is 0 Å². The van der Waals surface area contributed by atoms with Crippen LogP contribution in [0.1, 0.15) is 0 Å². The Morgan fingerprint density at radius 3 is 0.647 bits per heavy atom. The van der Waals surface area contributed by atoms with Crippen molar-refractivity contribution in [3.8, 4) is 112 Å². The highest BCUT2D eigenvalue weighted by molar-refractivity contribution is 6.18. The Balaban J connectivity index is 0.000000107. The fourth-order valence-electron chi connectivity index (χ4n) is 23.9. The summed E-state index contributed by atoms with van der Waals surface area (Å²) in [6, 6.07) is 208. The highest BCUT2D eigenvalue weighted by Crippen LogP contribution is 2.47. The average molecular weight is 1910 g/mol. The van der Waals surface area contributed by atoms with Crippen LogP contribution in [0.25, 0.3) is 275 Å². The first-order valence-corrected chi connectivity index (χ1v) is 51.6. The molecule has 0 aliphatic rings. The molecule has 0 saturated carbocycles. The fourth-order valence-corrected chi connectivity index (χ4v) is 23.9. The van der Waals surface area contributed by atoms with Crippen molar-refractivity contribution in [1.29, 1.82) is 0 Å². The molecule has 150 heavy (non-hydrogen) atoms. The molecule has 31 rings (SSSR count). The third kappa shape index (κ3) is 14.7. The minimum atomic E-state index is 1.15. The average Bonchev–Trinajstić information content (AvgIpc) is 1.58. The molecular weight excluding hydrogens is 1810 g/mol. The van der Waals surface area contributed by atoms with Crippen molar-refractivity contribution in [2.24, 2.45) is 0 Å². The van der Waals surface area contributed by atoms with E-state index in [1.807, 2.05) is 0 Å². The number of fused-ring (bicyclic) bond motifs is 21. The summed E-state index contributed by atoms with van der Waals surface area (Å²) < 4.78 is 14.5. The lowest BCUT2D eigenvalue weighted by molar-refractivity contribution is 1.18. The monoisotopic (exact) mass is 1910 g/mol. The molecule has 0 fully saturated rings. The molecule has 0 radical (unpaired) electrons. The summed E-state index contributed by atoms with van der Waals surface area (Å²) in [5, 5.41) is 22.6. The Kier molecular flexibility index (Phi) is 20.9. The van der Waals surface area contributed by atoms with Crippen molar-refractivity contribution in [2.75, 3.05) is 0 Å². The third-order valence-corrected chi connectivity index (χ3v) is 31.0. The first-order chi connectivity index (χ1) is 74.4. The van der Waals surface area contributed by atoms with Crippen LogP contribution in [-0.2, 0) is 0 Å². The molecule has 0 aliphatic heterocycles. The van der Waals surface area contributed by atoms with Gasteiger partial charge >= 0.3 is 0 Å². The van der Waals surface area contributed by atoms with E-state index in [1.54, 1.807) is 0 Å². The van der Waals surface area contributed by atoms with E-state index in [2.05, 4.69) is 598 Å². The van der Waals surface area contributed by atoms with Gasteiger partial charge in [-0.1, -0.05) is 431 Å². The molecule has 6 heteroatoms. The predicted molar refractivity (Wildman–Crippen MR) is 636 cm³/mol. The van der Waals surface area contributed by atoms with Crippen molar-refractivity contribution in [3.05, 3.63) is 570 Å². The topological polar surface area (TPSA) is 29.6 Å². The van der Waals surface area contributed by atoms with Crippen molar-refractivity contribution >= 4 is 163 Å². The molecule has 0 saturated heterocycles. The third-order valence-electron chi connectivity index (χ3n) is 31.0. The van der Waals surface area contributed by atoms with Gasteiger partial charge in [0.1, 0.15) is 0 Å². The molecule has 0 amide bonds. The maximum absolute atomic E-state index is 2.45. The van der Waals surface area contributed by atoms with Gasteiger partial charge in [-0.2, -0.15) is 0 Å². The van der Waals surface area contributed by atoms with Crippen LogP contribution < -0.4 is 0 Å². The van der Waals surface area contributed by atoms with E-state index in [4.69, 9.17) is 0 Å². The van der Waals surface area contributed by atoms with Crippen LogP contribution in [0.2, 0.25) is 0 Å². The van der Waals surface area contributed by atoms with Gasteiger partial charge in [-0.3, -0.25) is 0 Å². The molecule has 0 atom stereocenters. The lowest BCUT2D eigenvalue weighted by atomic mass is 10.00. The number of aromatic nitrogens is 6. The van der Waals surface area contributed by atoms with Crippen LogP contribution in [-0.4, -0.2) is 27.4 Å². The predicted octanol–water partition coefficient (Wildman–Crippen LogP) is 38.8. The van der Waals surface area contributed by atoms with Gasteiger partial charge in [0, 0.05) is 97.9 Å². The minimum Gasteiger partial charge on any atom is -0.309 e. The van der Waals surface area contributed by atoms with Gasteiger partial charge in [-0.05, 0) is 234 Å². The normalized spacial score (nSPS) is 11.7. The largest absolute Gasteiger partial charge is 0.309 e. The summed E-state index contributed by atoms with van der Waals surface area (Å²) in [7, 11) is 0. The maximum Gasteiger partial charge on any atom is 0.0547 e. The Hall–Kier alpha value is -19.9. The zero-order valence-electron chi connectivity index (χ0n) is 82.0. The van der Waals surface area contributed by atoms with Gasteiger partial charge < -0.3 is 27.4 Å². The molecule has 0 spiro atoms. The SMILES string of the molecule is c1ccc(-c2ccc(-c3ccc(-n4c5ccccc5c5ccc(-c6ccc7c8ccccc8n(-c8cccc9ccccc89)c7c6)cc54)cc3)cc2)cc1.c1ccc(-c2ccc(-c3cccc(-n4c5ccccc5c5ccc(-c6ccc7c8ccccc8n(-c8cccc9ccccc89)c7c6)cc54)c3)cc2)cc1.c1ccc(-n2c3ccccc3c3cc(-c4ccc5c(c4)c4ccccc4n5-c4cccc5ccccc45)ccc32)cc1.